The highest BCUT2D eigenvalue weighted by atomic mass is 35.5. The summed E-state index contributed by atoms with van der Waals surface area (Å²) < 4.78 is 0. The summed E-state index contributed by atoms with van der Waals surface area (Å²) in [4.78, 5) is 12.8. The molecule has 0 aliphatic carbocycles. The third-order valence-electron chi connectivity index (χ3n) is 4.64. The molecule has 0 aliphatic rings. The molecule has 1 aromatic carbocycles. The number of carbonyl (C=O) groups excluding carboxylic acids is 1. The van der Waals surface area contributed by atoms with Crippen LogP contribution in [0, 0.1) is 0 Å². The van der Waals surface area contributed by atoms with Crippen molar-refractivity contribution in [1.29, 1.82) is 0 Å². The second-order valence-corrected chi connectivity index (χ2v) is 12.1. The zero-order valence-electron chi connectivity index (χ0n) is 16.3. The second kappa shape index (κ2) is 14.1. The lowest BCUT2D eigenvalue weighted by molar-refractivity contribution is -0.113. The van der Waals surface area contributed by atoms with Crippen molar-refractivity contribution in [1.82, 2.24) is 0 Å². The zero-order valence-corrected chi connectivity index (χ0v) is 19.5. The van der Waals surface area contributed by atoms with Crippen LogP contribution in [-0.2, 0) is 4.79 Å². The van der Waals surface area contributed by atoms with Crippen molar-refractivity contribution in [3.8, 4) is 0 Å². The van der Waals surface area contributed by atoms with Gasteiger partial charge in [0.15, 0.2) is 0 Å². The maximum absolute atomic E-state index is 12.8. The normalized spacial score (nSPS) is 11.1. The third kappa shape index (κ3) is 9.27. The number of unbranched alkanes of at least 4 members (excludes halogenated alkanes) is 3. The van der Waals surface area contributed by atoms with Crippen LogP contribution in [0.5, 0.6) is 0 Å². The Morgan fingerprint density at radius 3 is 1.88 bits per heavy atom. The van der Waals surface area contributed by atoms with Gasteiger partial charge in [0.2, 0.25) is 0 Å². The monoisotopic (exact) mass is 439 g/mol. The molecule has 0 saturated heterocycles. The van der Waals surface area contributed by atoms with Crippen LogP contribution in [0.4, 0.5) is 5.69 Å². The molecule has 0 spiro atoms. The fourth-order valence-corrected chi connectivity index (χ4v) is 8.39. The van der Waals surface area contributed by atoms with E-state index in [2.05, 4.69) is 26.1 Å². The summed E-state index contributed by atoms with van der Waals surface area (Å²) in [5.41, 5.74) is 0.663. The van der Waals surface area contributed by atoms with E-state index in [-0.39, 0.29) is 18.3 Å². The molecule has 0 heterocycles. The number of carbonyl (C=O) groups is 1. The number of anilines is 1. The van der Waals surface area contributed by atoms with Gasteiger partial charge in [-0.25, -0.2) is 0 Å². The van der Waals surface area contributed by atoms with Crippen LogP contribution in [0.25, 0.3) is 0 Å². The van der Waals surface area contributed by atoms with E-state index in [1.54, 1.807) is 18.2 Å². The van der Waals surface area contributed by atoms with E-state index in [1.807, 2.05) is 0 Å². The van der Waals surface area contributed by atoms with Gasteiger partial charge < -0.3 is 17.7 Å². The number of rotatable bonds is 12. The fourth-order valence-electron chi connectivity index (χ4n) is 3.14. The molecule has 0 fully saturated rings. The first-order chi connectivity index (χ1) is 12.0. The van der Waals surface area contributed by atoms with Crippen molar-refractivity contribution in [2.45, 2.75) is 59.3 Å². The summed E-state index contributed by atoms with van der Waals surface area (Å²) in [7, 11) is -1.24. The van der Waals surface area contributed by atoms with Crippen molar-refractivity contribution >= 4 is 42.1 Å². The van der Waals surface area contributed by atoms with E-state index in [0.717, 1.165) is 0 Å². The highest BCUT2D eigenvalue weighted by Crippen LogP contribution is 2.60. The van der Waals surface area contributed by atoms with Crippen molar-refractivity contribution in [3.63, 3.8) is 0 Å². The van der Waals surface area contributed by atoms with Gasteiger partial charge in [-0.3, -0.25) is 4.79 Å². The van der Waals surface area contributed by atoms with Gasteiger partial charge in [0.1, 0.15) is 6.16 Å². The number of halogens is 3. The molecule has 2 nitrogen and oxygen atoms in total. The van der Waals surface area contributed by atoms with Gasteiger partial charge in [-0.15, -0.1) is 0 Å². The highest BCUT2D eigenvalue weighted by Gasteiger charge is 2.38. The van der Waals surface area contributed by atoms with Crippen molar-refractivity contribution in [3.05, 3.63) is 28.2 Å². The minimum absolute atomic E-state index is 0. The summed E-state index contributed by atoms with van der Waals surface area (Å²) in [6.07, 6.45) is 11.7. The minimum Gasteiger partial charge on any atom is -1.00 e. The first-order valence-corrected chi connectivity index (χ1v) is 12.8. The van der Waals surface area contributed by atoms with E-state index in [4.69, 9.17) is 23.2 Å². The average Bonchev–Trinajstić information content (AvgIpc) is 2.58. The molecule has 0 aromatic heterocycles. The summed E-state index contributed by atoms with van der Waals surface area (Å²) in [5, 5.41) is 4.10. The molecule has 0 saturated carbocycles. The van der Waals surface area contributed by atoms with Crippen LogP contribution in [0.3, 0.4) is 0 Å². The molecule has 0 radical (unpaired) electrons. The Kier molecular flexibility index (Phi) is 14.0. The zero-order chi connectivity index (χ0) is 18.7. The number of amides is 1. The van der Waals surface area contributed by atoms with Gasteiger partial charge >= 0.3 is 0 Å². The molecule has 0 unspecified atom stereocenters. The molecule has 26 heavy (non-hydrogen) atoms. The molecule has 0 atom stereocenters. The smallest absolute Gasteiger partial charge is 0.261 e. The first-order valence-electron chi connectivity index (χ1n) is 9.56. The quantitative estimate of drug-likeness (QED) is 0.481. The van der Waals surface area contributed by atoms with E-state index in [9.17, 15) is 4.79 Å². The second-order valence-electron chi connectivity index (χ2n) is 6.90. The Labute approximate surface area is 176 Å². The Balaban J connectivity index is 0.00000625. The van der Waals surface area contributed by atoms with Gasteiger partial charge in [0.05, 0.1) is 29.2 Å². The predicted octanol–water partition coefficient (Wildman–Crippen LogP) is 4.35. The van der Waals surface area contributed by atoms with Crippen LogP contribution in [-0.4, -0.2) is 30.6 Å². The molecule has 1 aromatic rings. The van der Waals surface area contributed by atoms with Gasteiger partial charge in [0.25, 0.3) is 5.91 Å². The molecule has 1 rings (SSSR count). The topological polar surface area (TPSA) is 29.1 Å². The largest absolute Gasteiger partial charge is 1.00 e. The Hall–Kier alpha value is -0.0100. The molecule has 1 N–H and O–H groups in total. The average molecular weight is 441 g/mol. The van der Waals surface area contributed by atoms with Crippen molar-refractivity contribution < 1.29 is 17.2 Å². The molecule has 150 valence electrons. The van der Waals surface area contributed by atoms with E-state index >= 15 is 0 Å². The number of hydrogen-bond donors (Lipinski definition) is 1. The lowest BCUT2D eigenvalue weighted by Crippen LogP contribution is -3.00. The Morgan fingerprint density at radius 1 is 0.962 bits per heavy atom. The lowest BCUT2D eigenvalue weighted by Gasteiger charge is -2.27. The van der Waals surface area contributed by atoms with Crippen molar-refractivity contribution in [2.75, 3.05) is 30.0 Å². The van der Waals surface area contributed by atoms with E-state index in [1.165, 1.54) is 57.0 Å². The van der Waals surface area contributed by atoms with Crippen molar-refractivity contribution in [2.24, 2.45) is 0 Å². The van der Waals surface area contributed by atoms with Gasteiger partial charge in [-0.2, -0.15) is 0 Å². The van der Waals surface area contributed by atoms with Crippen LogP contribution in [0.1, 0.15) is 59.3 Å². The molecular weight excluding hydrogens is 408 g/mol. The van der Waals surface area contributed by atoms with Crippen LogP contribution < -0.4 is 17.7 Å². The first kappa shape index (κ1) is 26.0. The van der Waals surface area contributed by atoms with Gasteiger partial charge in [0, 0.05) is 12.3 Å². The summed E-state index contributed by atoms with van der Waals surface area (Å²) >= 11 is 12.1. The molecule has 6 heteroatoms. The summed E-state index contributed by atoms with van der Waals surface area (Å²) in [6, 6.07) is 5.22. The highest BCUT2D eigenvalue weighted by molar-refractivity contribution is 7.76. The maximum atomic E-state index is 12.8. The molecule has 0 bridgehead atoms. The number of benzene rings is 1. The standard InChI is InChI=1S/C20H32Cl2NOP.ClH/c1-4-7-12-25(13-8-5-2,14-9-6-3)16-20(24)23-19-11-10-17(21)15-18(19)22;/h10-11,15H,4-9,12-14,16H2,1-3H3;1H. The van der Waals surface area contributed by atoms with Crippen LogP contribution in [0.15, 0.2) is 18.2 Å². The van der Waals surface area contributed by atoms with E-state index in [0.29, 0.717) is 21.9 Å². The van der Waals surface area contributed by atoms with E-state index < -0.39 is 7.26 Å². The van der Waals surface area contributed by atoms with Crippen LogP contribution in [0.2, 0.25) is 10.0 Å². The lowest BCUT2D eigenvalue weighted by atomic mass is 10.3. The summed E-state index contributed by atoms with van der Waals surface area (Å²) in [6.45, 7) is 6.71. The van der Waals surface area contributed by atoms with Crippen LogP contribution >= 0.6 is 30.5 Å². The number of hydrogen-bond acceptors (Lipinski definition) is 1. The number of nitrogens with one attached hydrogen (secondary N) is 1. The van der Waals surface area contributed by atoms with Gasteiger partial charge in [-0.05, 0) is 37.5 Å². The summed E-state index contributed by atoms with van der Waals surface area (Å²) in [5.74, 6) is 0.112. The molecule has 0 aliphatic heterocycles. The Morgan fingerprint density at radius 2 is 1.46 bits per heavy atom. The fraction of sp³-hybridized carbons (Fsp3) is 0.650. The molecular formula is C20H33Cl3NOP. The SMILES string of the molecule is CCCC[P+](CCCC)(CCCC)CC(=O)Nc1ccc(Cl)cc1Cl.[Cl-]. The molecule has 1 amide bonds. The Bertz CT molecular complexity index is 518. The maximum Gasteiger partial charge on any atom is 0.261 e. The van der Waals surface area contributed by atoms with Gasteiger partial charge in [-0.1, -0.05) is 63.2 Å². The minimum atomic E-state index is -1.24. The predicted molar refractivity (Wildman–Crippen MR) is 116 cm³/mol. The third-order valence-corrected chi connectivity index (χ3v) is 9.94.